The fraction of sp³-hybridized carbons (Fsp3) is 0.250. The summed E-state index contributed by atoms with van der Waals surface area (Å²) in [4.78, 5) is 5.49. The van der Waals surface area contributed by atoms with Gasteiger partial charge in [0.05, 0.1) is 16.1 Å². The molecule has 0 aliphatic carbocycles. The van der Waals surface area contributed by atoms with Crippen molar-refractivity contribution in [1.82, 2.24) is 4.98 Å². The van der Waals surface area contributed by atoms with Crippen LogP contribution >= 0.6 is 11.3 Å². The molecular weight excluding hydrogens is 204 g/mol. The van der Waals surface area contributed by atoms with Gasteiger partial charge in [-0.2, -0.15) is 0 Å². The van der Waals surface area contributed by atoms with Crippen LogP contribution in [0.15, 0.2) is 29.8 Å². The third-order valence-electron chi connectivity index (χ3n) is 2.44. The molecule has 0 fully saturated rings. The largest absolute Gasteiger partial charge is 0.324 e. The highest BCUT2D eigenvalue weighted by molar-refractivity contribution is 7.13. The van der Waals surface area contributed by atoms with Gasteiger partial charge in [-0.3, -0.25) is 0 Å². The topological polar surface area (TPSA) is 38.9 Å². The Balaban J connectivity index is 2.36. The Bertz CT molecular complexity index is 443. The molecule has 0 unspecified atom stereocenters. The molecule has 3 heteroatoms. The first-order chi connectivity index (χ1) is 7.18. The molecule has 0 radical (unpaired) electrons. The highest BCUT2D eigenvalue weighted by Gasteiger charge is 2.05. The van der Waals surface area contributed by atoms with Crippen LogP contribution in [0.5, 0.6) is 0 Å². The van der Waals surface area contributed by atoms with Gasteiger partial charge in [0.25, 0.3) is 0 Å². The van der Waals surface area contributed by atoms with Crippen LogP contribution in [-0.4, -0.2) is 4.98 Å². The van der Waals surface area contributed by atoms with Crippen LogP contribution in [0.2, 0.25) is 0 Å². The molecule has 0 bridgehead atoms. The quantitative estimate of drug-likeness (QED) is 0.841. The number of nitrogens with zero attached hydrogens (tertiary/aromatic N) is 1. The van der Waals surface area contributed by atoms with Crippen LogP contribution in [0.4, 0.5) is 0 Å². The predicted octanol–water partition coefficient (Wildman–Crippen LogP) is 3.14. The Kier molecular flexibility index (Phi) is 2.84. The van der Waals surface area contributed by atoms with Gasteiger partial charge in [0.1, 0.15) is 0 Å². The van der Waals surface area contributed by atoms with Gasteiger partial charge in [-0.25, -0.2) is 4.98 Å². The van der Waals surface area contributed by atoms with E-state index in [1.54, 1.807) is 11.3 Å². The van der Waals surface area contributed by atoms with E-state index >= 15 is 0 Å². The van der Waals surface area contributed by atoms with E-state index < -0.39 is 0 Å². The van der Waals surface area contributed by atoms with Crippen molar-refractivity contribution < 1.29 is 0 Å². The number of hydrogen-bond donors (Lipinski definition) is 1. The summed E-state index contributed by atoms with van der Waals surface area (Å²) in [7, 11) is 0. The average molecular weight is 218 g/mol. The van der Waals surface area contributed by atoms with Gasteiger partial charge in [0.15, 0.2) is 0 Å². The molecule has 0 spiro atoms. The van der Waals surface area contributed by atoms with Crippen molar-refractivity contribution in [2.24, 2.45) is 5.73 Å². The number of aromatic nitrogens is 1. The van der Waals surface area contributed by atoms with Crippen LogP contribution in [0.1, 0.15) is 24.2 Å². The molecule has 0 aliphatic heterocycles. The number of thiazole rings is 1. The van der Waals surface area contributed by atoms with Crippen molar-refractivity contribution in [1.29, 1.82) is 0 Å². The van der Waals surface area contributed by atoms with Gasteiger partial charge in [-0.15, -0.1) is 11.3 Å². The summed E-state index contributed by atoms with van der Waals surface area (Å²) in [6.45, 7) is 4.03. The summed E-state index contributed by atoms with van der Waals surface area (Å²) < 4.78 is 0. The molecule has 0 aliphatic rings. The molecule has 2 nitrogen and oxygen atoms in total. The smallest absolute Gasteiger partial charge is 0.0801 e. The number of nitrogens with two attached hydrogens (primary N) is 1. The summed E-state index contributed by atoms with van der Waals surface area (Å²) in [5.74, 6) is 0. The monoisotopic (exact) mass is 218 g/mol. The van der Waals surface area contributed by atoms with Crippen LogP contribution in [-0.2, 0) is 0 Å². The van der Waals surface area contributed by atoms with Gasteiger partial charge in [-0.05, 0) is 25.0 Å². The van der Waals surface area contributed by atoms with Crippen LogP contribution < -0.4 is 5.73 Å². The molecule has 15 heavy (non-hydrogen) atoms. The molecule has 0 amide bonds. The van der Waals surface area contributed by atoms with Gasteiger partial charge in [-0.1, -0.05) is 24.3 Å². The van der Waals surface area contributed by atoms with Crippen molar-refractivity contribution in [2.75, 3.05) is 0 Å². The summed E-state index contributed by atoms with van der Waals surface area (Å²) in [5.41, 5.74) is 11.2. The zero-order chi connectivity index (χ0) is 10.8. The SMILES string of the molecule is Cc1ncsc1-c1ccc([C@@H](C)N)cc1. The maximum absolute atomic E-state index is 5.80. The van der Waals surface area contributed by atoms with Crippen molar-refractivity contribution in [2.45, 2.75) is 19.9 Å². The fourth-order valence-corrected chi connectivity index (χ4v) is 2.33. The summed E-state index contributed by atoms with van der Waals surface area (Å²) >= 11 is 1.67. The molecule has 0 saturated carbocycles. The van der Waals surface area contributed by atoms with Crippen LogP contribution in [0.25, 0.3) is 10.4 Å². The van der Waals surface area contributed by atoms with Gasteiger partial charge in [0.2, 0.25) is 0 Å². The summed E-state index contributed by atoms with van der Waals surface area (Å²) in [6.07, 6.45) is 0. The van der Waals surface area contributed by atoms with Crippen molar-refractivity contribution >= 4 is 11.3 Å². The van der Waals surface area contributed by atoms with E-state index in [4.69, 9.17) is 5.73 Å². The van der Waals surface area contributed by atoms with Gasteiger partial charge in [0, 0.05) is 6.04 Å². The Labute approximate surface area is 93.8 Å². The lowest BCUT2D eigenvalue weighted by molar-refractivity contribution is 0.818. The molecule has 78 valence electrons. The number of rotatable bonds is 2. The first-order valence-corrected chi connectivity index (χ1v) is 5.82. The molecule has 2 aromatic rings. The zero-order valence-corrected chi connectivity index (χ0v) is 9.71. The minimum atomic E-state index is 0.0987. The standard InChI is InChI=1S/C12H14N2S/c1-8(13)10-3-5-11(6-4-10)12-9(2)14-7-15-12/h3-8H,13H2,1-2H3/t8-/m1/s1. The molecule has 2 N–H and O–H groups in total. The maximum atomic E-state index is 5.80. The summed E-state index contributed by atoms with van der Waals surface area (Å²) in [5, 5.41) is 0. The lowest BCUT2D eigenvalue weighted by Crippen LogP contribution is -2.04. The predicted molar refractivity (Wildman–Crippen MR) is 64.9 cm³/mol. The minimum Gasteiger partial charge on any atom is -0.324 e. The molecule has 2 rings (SSSR count). The summed E-state index contributed by atoms with van der Waals surface area (Å²) in [6, 6.07) is 8.48. The number of aryl methyl sites for hydroxylation is 1. The Morgan fingerprint density at radius 3 is 2.40 bits per heavy atom. The van der Waals surface area contributed by atoms with Crippen LogP contribution in [0, 0.1) is 6.92 Å². The number of hydrogen-bond acceptors (Lipinski definition) is 3. The van der Waals surface area contributed by atoms with Crippen LogP contribution in [0.3, 0.4) is 0 Å². The van der Waals surface area contributed by atoms with Crippen molar-refractivity contribution in [3.05, 3.63) is 41.0 Å². The van der Waals surface area contributed by atoms with E-state index in [1.165, 1.54) is 16.0 Å². The second-order valence-electron chi connectivity index (χ2n) is 3.68. The third-order valence-corrected chi connectivity index (χ3v) is 3.42. The van der Waals surface area contributed by atoms with Crippen molar-refractivity contribution in [3.63, 3.8) is 0 Å². The molecule has 0 saturated heterocycles. The van der Waals surface area contributed by atoms with Gasteiger partial charge >= 0.3 is 0 Å². The first-order valence-electron chi connectivity index (χ1n) is 4.94. The lowest BCUT2D eigenvalue weighted by atomic mass is 10.1. The molecule has 1 aromatic heterocycles. The highest BCUT2D eigenvalue weighted by Crippen LogP contribution is 2.27. The molecular formula is C12H14N2S. The Morgan fingerprint density at radius 1 is 1.27 bits per heavy atom. The van der Waals surface area contributed by atoms with E-state index in [1.807, 2.05) is 19.4 Å². The molecule has 1 aromatic carbocycles. The normalized spacial score (nSPS) is 12.7. The highest BCUT2D eigenvalue weighted by atomic mass is 32.1. The third kappa shape index (κ3) is 2.08. The van der Waals surface area contributed by atoms with E-state index in [-0.39, 0.29) is 6.04 Å². The van der Waals surface area contributed by atoms with E-state index in [0.29, 0.717) is 0 Å². The second kappa shape index (κ2) is 4.13. The zero-order valence-electron chi connectivity index (χ0n) is 8.90. The molecule has 1 heterocycles. The van der Waals surface area contributed by atoms with E-state index in [0.717, 1.165) is 5.69 Å². The average Bonchev–Trinajstić information content (AvgIpc) is 2.65. The fourth-order valence-electron chi connectivity index (χ4n) is 1.52. The lowest BCUT2D eigenvalue weighted by Gasteiger charge is -2.06. The Hall–Kier alpha value is -1.19. The number of benzene rings is 1. The van der Waals surface area contributed by atoms with E-state index in [2.05, 4.69) is 29.2 Å². The Morgan fingerprint density at radius 2 is 1.93 bits per heavy atom. The first kappa shape index (κ1) is 10.3. The van der Waals surface area contributed by atoms with E-state index in [9.17, 15) is 0 Å². The minimum absolute atomic E-state index is 0.0987. The van der Waals surface area contributed by atoms with Gasteiger partial charge < -0.3 is 5.73 Å². The second-order valence-corrected chi connectivity index (χ2v) is 4.53. The van der Waals surface area contributed by atoms with Crippen molar-refractivity contribution in [3.8, 4) is 10.4 Å². The maximum Gasteiger partial charge on any atom is 0.0801 e. The molecule has 1 atom stereocenters.